The van der Waals surface area contributed by atoms with Gasteiger partial charge in [-0.15, -0.1) is 12.4 Å². The Labute approximate surface area is 144 Å². The van der Waals surface area contributed by atoms with E-state index < -0.39 is 0 Å². The maximum absolute atomic E-state index is 12.2. The minimum atomic E-state index is -0.108. The Bertz CT molecular complexity index is 713. The van der Waals surface area contributed by atoms with Crippen LogP contribution in [-0.2, 0) is 9.59 Å². The van der Waals surface area contributed by atoms with Crippen LogP contribution in [0.25, 0.3) is 10.2 Å². The van der Waals surface area contributed by atoms with E-state index in [4.69, 9.17) is 0 Å². The van der Waals surface area contributed by atoms with Crippen LogP contribution in [0.3, 0.4) is 0 Å². The fourth-order valence-corrected chi connectivity index (χ4v) is 3.46. The summed E-state index contributed by atoms with van der Waals surface area (Å²) in [5, 5.41) is 9.52. The van der Waals surface area contributed by atoms with Crippen molar-refractivity contribution in [2.45, 2.75) is 19.8 Å². The summed E-state index contributed by atoms with van der Waals surface area (Å²) in [6.45, 7) is 3.25. The molecule has 124 valence electrons. The highest BCUT2D eigenvalue weighted by atomic mass is 35.5. The molecular formula is C15H19ClN4O2S. The van der Waals surface area contributed by atoms with E-state index in [1.54, 1.807) is 0 Å². The second-order valence-corrected chi connectivity index (χ2v) is 6.43. The van der Waals surface area contributed by atoms with Crippen LogP contribution >= 0.6 is 23.7 Å². The molecule has 1 aromatic carbocycles. The lowest BCUT2D eigenvalue weighted by Gasteiger charge is -2.20. The zero-order valence-corrected chi connectivity index (χ0v) is 14.4. The Morgan fingerprint density at radius 3 is 2.70 bits per heavy atom. The van der Waals surface area contributed by atoms with E-state index in [1.165, 1.54) is 18.3 Å². The molecule has 0 spiro atoms. The van der Waals surface area contributed by atoms with Crippen LogP contribution in [0.4, 0.5) is 10.8 Å². The molecule has 0 aliphatic carbocycles. The number of aromatic nitrogens is 1. The van der Waals surface area contributed by atoms with E-state index >= 15 is 0 Å². The van der Waals surface area contributed by atoms with Crippen molar-refractivity contribution in [3.8, 4) is 0 Å². The van der Waals surface area contributed by atoms with E-state index in [1.807, 2.05) is 18.2 Å². The van der Waals surface area contributed by atoms with Gasteiger partial charge in [0.25, 0.3) is 0 Å². The monoisotopic (exact) mass is 354 g/mol. The summed E-state index contributed by atoms with van der Waals surface area (Å²) in [7, 11) is 0. The minimum absolute atomic E-state index is 0. The number of halogens is 1. The molecule has 2 amide bonds. The molecule has 1 aliphatic rings. The van der Waals surface area contributed by atoms with Crippen molar-refractivity contribution in [1.82, 2.24) is 10.3 Å². The summed E-state index contributed by atoms with van der Waals surface area (Å²) in [4.78, 5) is 27.7. The van der Waals surface area contributed by atoms with Gasteiger partial charge in [0, 0.05) is 18.5 Å². The molecule has 0 saturated carbocycles. The smallest absolute Gasteiger partial charge is 0.229 e. The maximum atomic E-state index is 12.2. The summed E-state index contributed by atoms with van der Waals surface area (Å²) in [6.07, 6.45) is 1.73. The lowest BCUT2D eigenvalue weighted by Crippen LogP contribution is -2.34. The van der Waals surface area contributed by atoms with Crippen molar-refractivity contribution in [3.05, 3.63) is 18.2 Å². The molecule has 0 bridgehead atoms. The van der Waals surface area contributed by atoms with Crippen LogP contribution in [0.2, 0.25) is 0 Å². The molecule has 1 fully saturated rings. The predicted molar refractivity (Wildman–Crippen MR) is 95.4 cm³/mol. The molecule has 23 heavy (non-hydrogen) atoms. The number of hydrogen-bond donors (Lipinski definition) is 3. The number of carbonyl (C=O) groups excluding carboxylic acids is 2. The average molecular weight is 355 g/mol. The zero-order chi connectivity index (χ0) is 15.5. The number of thiazole rings is 1. The SMILES string of the molecule is CC(=O)Nc1ccc2nc(NC(=O)C3CCNCC3)sc2c1.Cl. The van der Waals surface area contributed by atoms with Crippen LogP contribution in [0.5, 0.6) is 0 Å². The van der Waals surface area contributed by atoms with Gasteiger partial charge in [-0.3, -0.25) is 9.59 Å². The summed E-state index contributed by atoms with van der Waals surface area (Å²) < 4.78 is 0.937. The average Bonchev–Trinajstić information content (AvgIpc) is 2.89. The van der Waals surface area contributed by atoms with E-state index in [0.717, 1.165) is 41.8 Å². The second-order valence-electron chi connectivity index (χ2n) is 5.40. The number of nitrogens with zero attached hydrogens (tertiary/aromatic N) is 1. The minimum Gasteiger partial charge on any atom is -0.326 e. The summed E-state index contributed by atoms with van der Waals surface area (Å²) in [5.41, 5.74) is 1.56. The highest BCUT2D eigenvalue weighted by molar-refractivity contribution is 7.22. The standard InChI is InChI=1S/C15H18N4O2S.ClH/c1-9(20)17-11-2-3-12-13(8-11)22-15(18-12)19-14(21)10-4-6-16-7-5-10;/h2-3,8,10,16H,4-7H2,1H3,(H,17,20)(H,18,19,21);1H. The first-order valence-corrected chi connectivity index (χ1v) is 8.13. The van der Waals surface area contributed by atoms with E-state index in [-0.39, 0.29) is 30.1 Å². The van der Waals surface area contributed by atoms with Crippen LogP contribution in [0, 0.1) is 5.92 Å². The maximum Gasteiger partial charge on any atom is 0.229 e. The van der Waals surface area contributed by atoms with E-state index in [2.05, 4.69) is 20.9 Å². The highest BCUT2D eigenvalue weighted by Crippen LogP contribution is 2.29. The zero-order valence-electron chi connectivity index (χ0n) is 12.7. The molecule has 3 N–H and O–H groups in total. The fraction of sp³-hybridized carbons (Fsp3) is 0.400. The van der Waals surface area contributed by atoms with Gasteiger partial charge >= 0.3 is 0 Å². The molecule has 2 aromatic rings. The Kier molecular flexibility index (Phi) is 5.92. The van der Waals surface area contributed by atoms with Gasteiger partial charge in [-0.1, -0.05) is 11.3 Å². The fourth-order valence-electron chi connectivity index (χ4n) is 2.55. The summed E-state index contributed by atoms with van der Waals surface area (Å²) in [6, 6.07) is 5.52. The van der Waals surface area contributed by atoms with Gasteiger partial charge in [0.05, 0.1) is 10.2 Å². The van der Waals surface area contributed by atoms with Crippen LogP contribution in [0.1, 0.15) is 19.8 Å². The van der Waals surface area contributed by atoms with Crippen molar-refractivity contribution in [2.24, 2.45) is 5.92 Å². The molecule has 0 unspecified atom stereocenters. The lowest BCUT2D eigenvalue weighted by atomic mass is 9.97. The third-order valence-corrected chi connectivity index (χ3v) is 4.58. The van der Waals surface area contributed by atoms with Gasteiger partial charge in [0.1, 0.15) is 0 Å². The van der Waals surface area contributed by atoms with E-state index in [9.17, 15) is 9.59 Å². The summed E-state index contributed by atoms with van der Waals surface area (Å²) in [5.74, 6) is -0.00542. The Morgan fingerprint density at radius 2 is 2.00 bits per heavy atom. The first kappa shape index (κ1) is 17.7. The van der Waals surface area contributed by atoms with Gasteiger partial charge in [0.2, 0.25) is 11.8 Å². The lowest BCUT2D eigenvalue weighted by molar-refractivity contribution is -0.120. The van der Waals surface area contributed by atoms with Crippen LogP contribution in [0.15, 0.2) is 18.2 Å². The number of benzene rings is 1. The van der Waals surface area contributed by atoms with Crippen LogP contribution in [-0.4, -0.2) is 29.9 Å². The molecule has 1 aliphatic heterocycles. The molecule has 3 rings (SSSR count). The molecule has 0 radical (unpaired) electrons. The number of fused-ring (bicyclic) bond motifs is 1. The Balaban J connectivity index is 0.00000192. The molecule has 8 heteroatoms. The Hall–Kier alpha value is -1.70. The molecule has 2 heterocycles. The van der Waals surface area contributed by atoms with E-state index in [0.29, 0.717) is 5.13 Å². The van der Waals surface area contributed by atoms with Gasteiger partial charge in [-0.2, -0.15) is 0 Å². The van der Waals surface area contributed by atoms with Crippen molar-refractivity contribution < 1.29 is 9.59 Å². The molecule has 1 aromatic heterocycles. The normalized spacial score (nSPS) is 15.0. The number of anilines is 2. The summed E-state index contributed by atoms with van der Waals surface area (Å²) >= 11 is 1.42. The second kappa shape index (κ2) is 7.72. The number of nitrogens with one attached hydrogen (secondary N) is 3. The first-order valence-electron chi connectivity index (χ1n) is 7.31. The van der Waals surface area contributed by atoms with Gasteiger partial charge in [-0.05, 0) is 44.1 Å². The largest absolute Gasteiger partial charge is 0.326 e. The third kappa shape index (κ3) is 4.40. The number of amides is 2. The number of carbonyl (C=O) groups is 2. The van der Waals surface area contributed by atoms with Crippen LogP contribution < -0.4 is 16.0 Å². The number of piperidine rings is 1. The molecule has 1 saturated heterocycles. The van der Waals surface area contributed by atoms with Crippen molar-refractivity contribution in [2.75, 3.05) is 23.7 Å². The van der Waals surface area contributed by atoms with Crippen molar-refractivity contribution >= 4 is 56.6 Å². The molecular weight excluding hydrogens is 336 g/mol. The number of rotatable bonds is 3. The first-order chi connectivity index (χ1) is 10.6. The topological polar surface area (TPSA) is 83.1 Å². The molecule has 6 nitrogen and oxygen atoms in total. The van der Waals surface area contributed by atoms with Gasteiger partial charge < -0.3 is 16.0 Å². The predicted octanol–water partition coefficient (Wildman–Crippen LogP) is 2.61. The highest BCUT2D eigenvalue weighted by Gasteiger charge is 2.21. The van der Waals surface area contributed by atoms with Gasteiger partial charge in [-0.25, -0.2) is 4.98 Å². The quantitative estimate of drug-likeness (QED) is 0.791. The van der Waals surface area contributed by atoms with Crippen molar-refractivity contribution in [1.29, 1.82) is 0 Å². The third-order valence-electron chi connectivity index (χ3n) is 3.65. The number of hydrogen-bond acceptors (Lipinski definition) is 5. The Morgan fingerprint density at radius 1 is 1.26 bits per heavy atom. The van der Waals surface area contributed by atoms with Gasteiger partial charge in [0.15, 0.2) is 5.13 Å². The molecule has 0 atom stereocenters. The van der Waals surface area contributed by atoms with Crippen molar-refractivity contribution in [3.63, 3.8) is 0 Å².